The zero-order valence-corrected chi connectivity index (χ0v) is 14.7. The molecule has 0 amide bonds. The van der Waals surface area contributed by atoms with Crippen molar-refractivity contribution in [2.24, 2.45) is 4.99 Å². The number of hydrogen-bond acceptors (Lipinski definition) is 6. The second kappa shape index (κ2) is 7.15. The summed E-state index contributed by atoms with van der Waals surface area (Å²) in [4.78, 5) is 26.7. The Kier molecular flexibility index (Phi) is 4.92. The summed E-state index contributed by atoms with van der Waals surface area (Å²) in [6, 6.07) is 8.99. The van der Waals surface area contributed by atoms with Crippen LogP contribution in [-0.4, -0.2) is 23.9 Å². The molecule has 0 fully saturated rings. The summed E-state index contributed by atoms with van der Waals surface area (Å²) in [5.41, 5.74) is 0.669. The van der Waals surface area contributed by atoms with Gasteiger partial charge in [0.1, 0.15) is 0 Å². The average Bonchev–Trinajstić information content (AvgIpc) is 2.98. The minimum Gasteiger partial charge on any atom is -0.490 e. The average molecular weight is 393 g/mol. The molecule has 0 aromatic heterocycles. The van der Waals surface area contributed by atoms with Crippen molar-refractivity contribution in [1.82, 2.24) is 0 Å². The second-order valence-corrected chi connectivity index (χ2v) is 5.97. The number of nitro benzene ring substituents is 1. The highest BCUT2D eigenvalue weighted by molar-refractivity contribution is 6.42. The Balaban J connectivity index is 1.97. The van der Waals surface area contributed by atoms with Crippen molar-refractivity contribution < 1.29 is 19.2 Å². The van der Waals surface area contributed by atoms with Crippen LogP contribution in [0, 0.1) is 10.1 Å². The lowest BCUT2D eigenvalue weighted by atomic mass is 10.2. The maximum Gasteiger partial charge on any atom is 0.363 e. The highest BCUT2D eigenvalue weighted by Crippen LogP contribution is 2.30. The van der Waals surface area contributed by atoms with Crippen LogP contribution in [0.4, 0.5) is 5.69 Å². The maximum absolute atomic E-state index is 12.0. The van der Waals surface area contributed by atoms with Gasteiger partial charge in [-0.25, -0.2) is 9.79 Å². The molecule has 2 aromatic rings. The lowest BCUT2D eigenvalue weighted by Crippen LogP contribution is -2.06. The van der Waals surface area contributed by atoms with Gasteiger partial charge in [0.2, 0.25) is 5.90 Å². The number of halogens is 2. The second-order valence-electron chi connectivity index (χ2n) is 5.15. The molecular formula is C17H10Cl2N2O5. The number of esters is 1. The van der Waals surface area contributed by atoms with E-state index in [0.29, 0.717) is 15.6 Å². The van der Waals surface area contributed by atoms with Crippen molar-refractivity contribution >= 4 is 46.8 Å². The fourth-order valence-electron chi connectivity index (χ4n) is 2.26. The first-order valence-electron chi connectivity index (χ1n) is 7.19. The van der Waals surface area contributed by atoms with Gasteiger partial charge >= 0.3 is 11.7 Å². The van der Waals surface area contributed by atoms with E-state index < -0.39 is 10.9 Å². The van der Waals surface area contributed by atoms with E-state index in [1.54, 1.807) is 18.2 Å². The molecule has 0 aliphatic carbocycles. The standard InChI is InChI=1S/C17H10Cl2N2O5/c1-25-15-5-3-10(8-14(15)21(23)24)16-20-13(17(22)26-16)7-9-2-4-11(18)12(19)6-9/h2-8H,1H3. The Labute approximate surface area is 157 Å². The summed E-state index contributed by atoms with van der Waals surface area (Å²) in [6.07, 6.45) is 1.48. The number of carbonyl (C=O) groups is 1. The number of benzene rings is 2. The van der Waals surface area contributed by atoms with E-state index >= 15 is 0 Å². The first kappa shape index (κ1) is 17.9. The highest BCUT2D eigenvalue weighted by Gasteiger charge is 2.26. The number of aliphatic imine (C=N–C) groups is 1. The normalized spacial score (nSPS) is 15.0. The fourth-order valence-corrected chi connectivity index (χ4v) is 2.56. The molecule has 1 heterocycles. The van der Waals surface area contributed by atoms with Gasteiger partial charge in [-0.1, -0.05) is 29.3 Å². The van der Waals surface area contributed by atoms with Gasteiger partial charge in [-0.2, -0.15) is 0 Å². The van der Waals surface area contributed by atoms with E-state index in [-0.39, 0.29) is 28.6 Å². The van der Waals surface area contributed by atoms with Gasteiger partial charge in [-0.3, -0.25) is 10.1 Å². The third-order valence-corrected chi connectivity index (χ3v) is 4.23. The lowest BCUT2D eigenvalue weighted by molar-refractivity contribution is -0.385. The molecule has 0 unspecified atom stereocenters. The molecule has 1 aliphatic heterocycles. The van der Waals surface area contributed by atoms with Crippen molar-refractivity contribution in [3.8, 4) is 5.75 Å². The summed E-state index contributed by atoms with van der Waals surface area (Å²) in [6.45, 7) is 0. The summed E-state index contributed by atoms with van der Waals surface area (Å²) in [5, 5.41) is 11.8. The number of cyclic esters (lactones) is 1. The molecule has 2 aromatic carbocycles. The minimum atomic E-state index is -0.676. The van der Waals surface area contributed by atoms with Crippen LogP contribution in [0.2, 0.25) is 10.0 Å². The zero-order valence-electron chi connectivity index (χ0n) is 13.2. The van der Waals surface area contributed by atoms with Crippen LogP contribution in [-0.2, 0) is 9.53 Å². The van der Waals surface area contributed by atoms with E-state index in [0.717, 1.165) is 0 Å². The topological polar surface area (TPSA) is 91.0 Å². The number of nitrogens with zero attached hydrogens (tertiary/aromatic N) is 2. The Morgan fingerprint density at radius 1 is 1.19 bits per heavy atom. The smallest absolute Gasteiger partial charge is 0.363 e. The Morgan fingerprint density at radius 3 is 2.62 bits per heavy atom. The fraction of sp³-hybridized carbons (Fsp3) is 0.0588. The van der Waals surface area contributed by atoms with Crippen LogP contribution >= 0.6 is 23.2 Å². The van der Waals surface area contributed by atoms with E-state index in [4.69, 9.17) is 32.7 Å². The predicted molar refractivity (Wildman–Crippen MR) is 96.7 cm³/mol. The van der Waals surface area contributed by atoms with Gasteiger partial charge in [-0.05, 0) is 35.9 Å². The van der Waals surface area contributed by atoms with Crippen LogP contribution in [0.1, 0.15) is 11.1 Å². The Bertz CT molecular complexity index is 985. The SMILES string of the molecule is COc1ccc(C2=NC(=Cc3ccc(Cl)c(Cl)c3)C(=O)O2)cc1[N+](=O)[O-]. The molecule has 7 nitrogen and oxygen atoms in total. The first-order valence-corrected chi connectivity index (χ1v) is 7.95. The zero-order chi connectivity index (χ0) is 18.8. The molecule has 9 heteroatoms. The van der Waals surface area contributed by atoms with E-state index in [9.17, 15) is 14.9 Å². The highest BCUT2D eigenvalue weighted by atomic mass is 35.5. The number of rotatable bonds is 4. The molecule has 3 rings (SSSR count). The molecule has 0 bridgehead atoms. The van der Waals surface area contributed by atoms with Gasteiger partial charge in [-0.15, -0.1) is 0 Å². The van der Waals surface area contributed by atoms with Crippen LogP contribution in [0.3, 0.4) is 0 Å². The van der Waals surface area contributed by atoms with Crippen LogP contribution < -0.4 is 4.74 Å². The Morgan fingerprint density at radius 2 is 1.96 bits per heavy atom. The molecule has 0 N–H and O–H groups in total. The van der Waals surface area contributed by atoms with Gasteiger partial charge < -0.3 is 9.47 Å². The molecule has 0 atom stereocenters. The minimum absolute atomic E-state index is 0.0351. The molecule has 0 saturated heterocycles. The van der Waals surface area contributed by atoms with Crippen molar-refractivity contribution in [2.75, 3.05) is 7.11 Å². The Hall–Kier alpha value is -2.90. The lowest BCUT2D eigenvalue weighted by Gasteiger charge is -2.03. The third kappa shape index (κ3) is 3.54. The number of methoxy groups -OCH3 is 1. The predicted octanol–water partition coefficient (Wildman–Crippen LogP) is 4.25. The maximum atomic E-state index is 12.0. The molecule has 0 spiro atoms. The number of carbonyl (C=O) groups excluding carboxylic acids is 1. The molecular weight excluding hydrogens is 383 g/mol. The molecule has 0 radical (unpaired) electrons. The molecule has 0 saturated carbocycles. The molecule has 132 valence electrons. The molecule has 1 aliphatic rings. The van der Waals surface area contributed by atoms with Crippen molar-refractivity contribution in [2.45, 2.75) is 0 Å². The van der Waals surface area contributed by atoms with E-state index in [2.05, 4.69) is 4.99 Å². The summed E-state index contributed by atoms with van der Waals surface area (Å²) < 4.78 is 10.1. The number of hydrogen-bond donors (Lipinski definition) is 0. The van der Waals surface area contributed by atoms with E-state index in [1.165, 1.54) is 31.4 Å². The molecule has 26 heavy (non-hydrogen) atoms. The van der Waals surface area contributed by atoms with Gasteiger partial charge in [0.05, 0.1) is 22.1 Å². The van der Waals surface area contributed by atoms with Crippen LogP contribution in [0.25, 0.3) is 6.08 Å². The van der Waals surface area contributed by atoms with Crippen molar-refractivity contribution in [3.05, 3.63) is 73.4 Å². The van der Waals surface area contributed by atoms with E-state index in [1.807, 2.05) is 0 Å². The largest absolute Gasteiger partial charge is 0.490 e. The quantitative estimate of drug-likeness (QED) is 0.335. The third-order valence-electron chi connectivity index (χ3n) is 3.49. The van der Waals surface area contributed by atoms with Crippen LogP contribution in [0.5, 0.6) is 5.75 Å². The number of ether oxygens (including phenoxy) is 2. The van der Waals surface area contributed by atoms with Gasteiger partial charge in [0.15, 0.2) is 11.4 Å². The van der Waals surface area contributed by atoms with Crippen molar-refractivity contribution in [1.29, 1.82) is 0 Å². The van der Waals surface area contributed by atoms with Gasteiger partial charge in [0, 0.05) is 11.6 Å². The summed E-state index contributed by atoms with van der Waals surface area (Å²) in [7, 11) is 1.33. The summed E-state index contributed by atoms with van der Waals surface area (Å²) >= 11 is 11.8. The van der Waals surface area contributed by atoms with Crippen molar-refractivity contribution in [3.63, 3.8) is 0 Å². The monoisotopic (exact) mass is 392 g/mol. The van der Waals surface area contributed by atoms with Crippen LogP contribution in [0.15, 0.2) is 47.1 Å². The number of nitro groups is 1. The summed E-state index contributed by atoms with van der Waals surface area (Å²) in [5.74, 6) is -0.619. The van der Waals surface area contributed by atoms with Gasteiger partial charge in [0.25, 0.3) is 0 Å². The first-order chi connectivity index (χ1) is 12.4.